The fourth-order valence-electron chi connectivity index (χ4n) is 1.32. The van der Waals surface area contributed by atoms with Crippen molar-refractivity contribution >= 4 is 27.8 Å². The van der Waals surface area contributed by atoms with Crippen LogP contribution < -0.4 is 0 Å². The van der Waals surface area contributed by atoms with E-state index >= 15 is 0 Å². The van der Waals surface area contributed by atoms with E-state index < -0.39 is 17.6 Å². The monoisotopic (exact) mass is 334 g/mol. The second-order valence-electron chi connectivity index (χ2n) is 4.82. The normalized spacial score (nSPS) is 14.5. The van der Waals surface area contributed by atoms with Crippen LogP contribution >= 0.6 is 0 Å². The summed E-state index contributed by atoms with van der Waals surface area (Å²) in [7, 11) is 1.91. The lowest BCUT2D eigenvalue weighted by atomic mass is 10.4. The van der Waals surface area contributed by atoms with Crippen LogP contribution in [0.2, 0.25) is 19.1 Å². The van der Waals surface area contributed by atoms with E-state index in [0.29, 0.717) is 25.5 Å². The average Bonchev–Trinajstić information content (AvgIpc) is 2.39. The van der Waals surface area contributed by atoms with Gasteiger partial charge in [0.2, 0.25) is 0 Å². The van der Waals surface area contributed by atoms with Gasteiger partial charge in [0, 0.05) is 25.6 Å². The Morgan fingerprint density at radius 2 is 1.95 bits per heavy atom. The van der Waals surface area contributed by atoms with Gasteiger partial charge in [-0.3, -0.25) is 0 Å². The molecule has 20 heavy (non-hydrogen) atoms. The fourth-order valence-corrected chi connectivity index (χ4v) is 5.62. The van der Waals surface area contributed by atoms with Crippen LogP contribution in [-0.2, 0) is 23.1 Å². The van der Waals surface area contributed by atoms with Crippen molar-refractivity contribution < 1.29 is 23.1 Å². The Balaban J connectivity index is 4.05. The van der Waals surface area contributed by atoms with Crippen LogP contribution in [0.4, 0.5) is 0 Å². The van der Waals surface area contributed by atoms with E-state index in [4.69, 9.17) is 23.1 Å². The molecule has 1 unspecified atom stereocenters. The van der Waals surface area contributed by atoms with Crippen molar-refractivity contribution in [3.05, 3.63) is 12.2 Å². The standard InChI is InChI=1S/C12H26O5Si3/c1-12(2)9-15-14-7-6-8-20(13-3,16-10-18)17-11-19(4)5/h1,6-11H2,2-5H3. The lowest BCUT2D eigenvalue weighted by Gasteiger charge is -2.28. The third-order valence-electron chi connectivity index (χ3n) is 2.28. The predicted molar refractivity (Wildman–Crippen MR) is 84.0 cm³/mol. The van der Waals surface area contributed by atoms with Crippen molar-refractivity contribution in [2.45, 2.75) is 32.5 Å². The highest BCUT2D eigenvalue weighted by atomic mass is 28.4. The van der Waals surface area contributed by atoms with Crippen LogP contribution in [0.5, 0.6) is 0 Å². The Labute approximate surface area is 128 Å². The Bertz CT molecular complexity index is 265. The van der Waals surface area contributed by atoms with Crippen molar-refractivity contribution in [2.24, 2.45) is 0 Å². The number of hydrogen-bond donors (Lipinski definition) is 0. The topological polar surface area (TPSA) is 46.2 Å². The molecule has 0 heterocycles. The quantitative estimate of drug-likeness (QED) is 0.169. The van der Waals surface area contributed by atoms with Gasteiger partial charge in [0.25, 0.3) is 0 Å². The minimum Gasteiger partial charge on any atom is -0.378 e. The lowest BCUT2D eigenvalue weighted by Crippen LogP contribution is -2.47. The zero-order chi connectivity index (χ0) is 15.4. The van der Waals surface area contributed by atoms with Crippen LogP contribution in [0.15, 0.2) is 12.2 Å². The van der Waals surface area contributed by atoms with Gasteiger partial charge in [0.1, 0.15) is 6.61 Å². The molecule has 0 amide bonds. The molecule has 1 atom stereocenters. The molecule has 4 radical (unpaired) electrons. The highest BCUT2D eigenvalue weighted by Gasteiger charge is 2.39. The molecule has 0 aromatic heterocycles. The van der Waals surface area contributed by atoms with Gasteiger partial charge >= 0.3 is 8.80 Å². The molecular formula is C12H26O5Si3. The van der Waals surface area contributed by atoms with Crippen molar-refractivity contribution in [3.8, 4) is 0 Å². The molecule has 116 valence electrons. The average molecular weight is 335 g/mol. The number of hydrogen-bond acceptors (Lipinski definition) is 5. The van der Waals surface area contributed by atoms with Crippen LogP contribution in [0.25, 0.3) is 0 Å². The first-order chi connectivity index (χ1) is 9.45. The maximum atomic E-state index is 5.92. The molecule has 0 saturated heterocycles. The third-order valence-corrected chi connectivity index (χ3v) is 6.48. The van der Waals surface area contributed by atoms with Gasteiger partial charge in [-0.25, -0.2) is 9.78 Å². The minimum absolute atomic E-state index is 0.405. The molecule has 0 aliphatic rings. The summed E-state index contributed by atoms with van der Waals surface area (Å²) in [6.45, 7) is 10.9. The Kier molecular flexibility index (Phi) is 11.9. The second kappa shape index (κ2) is 11.8. The molecular weight excluding hydrogens is 308 g/mol. The molecule has 0 aromatic carbocycles. The summed E-state index contributed by atoms with van der Waals surface area (Å²) in [5, 5.41) is 0. The molecule has 0 aliphatic heterocycles. The molecule has 8 heteroatoms. The molecule has 5 nitrogen and oxygen atoms in total. The zero-order valence-corrected chi connectivity index (χ0v) is 16.0. The molecule has 0 spiro atoms. The van der Waals surface area contributed by atoms with Gasteiger partial charge in [-0.2, -0.15) is 0 Å². The molecule has 0 aliphatic carbocycles. The van der Waals surface area contributed by atoms with E-state index in [1.807, 2.05) is 6.92 Å². The summed E-state index contributed by atoms with van der Waals surface area (Å²) < 4.78 is 17.2. The van der Waals surface area contributed by atoms with E-state index in [9.17, 15) is 0 Å². The Morgan fingerprint density at radius 3 is 2.45 bits per heavy atom. The minimum atomic E-state index is -2.59. The summed E-state index contributed by atoms with van der Waals surface area (Å²) >= 11 is 0. The second-order valence-corrected chi connectivity index (χ2v) is 10.7. The van der Waals surface area contributed by atoms with Crippen molar-refractivity contribution in [1.82, 2.24) is 0 Å². The van der Waals surface area contributed by atoms with Gasteiger partial charge in [-0.15, -0.1) is 0 Å². The summed E-state index contributed by atoms with van der Waals surface area (Å²) in [6.07, 6.45) is 1.89. The molecule has 0 N–H and O–H groups in total. The maximum absolute atomic E-state index is 5.92. The fraction of sp³-hybridized carbons (Fsp3) is 0.833. The van der Waals surface area contributed by atoms with Gasteiger partial charge in [-0.1, -0.05) is 25.2 Å². The molecule has 0 fully saturated rings. The van der Waals surface area contributed by atoms with E-state index in [2.05, 4.69) is 29.9 Å². The van der Waals surface area contributed by atoms with Crippen LogP contribution in [0, 0.1) is 0 Å². The molecule has 0 bridgehead atoms. The van der Waals surface area contributed by atoms with Crippen LogP contribution in [0.3, 0.4) is 0 Å². The molecule has 0 aromatic rings. The first-order valence-electron chi connectivity index (χ1n) is 6.61. The maximum Gasteiger partial charge on any atom is 0.500 e. The van der Waals surface area contributed by atoms with Gasteiger partial charge in [0.15, 0.2) is 0 Å². The summed E-state index contributed by atoms with van der Waals surface area (Å²) in [5.41, 5.74) is 0.928. The predicted octanol–water partition coefficient (Wildman–Crippen LogP) is 1.94. The van der Waals surface area contributed by atoms with Crippen molar-refractivity contribution in [1.29, 1.82) is 0 Å². The first-order valence-corrected chi connectivity index (χ1v) is 12.0. The van der Waals surface area contributed by atoms with E-state index in [1.54, 1.807) is 7.11 Å². The van der Waals surface area contributed by atoms with E-state index in [1.165, 1.54) is 0 Å². The molecule has 0 rings (SSSR count). The van der Waals surface area contributed by atoms with Crippen molar-refractivity contribution in [3.63, 3.8) is 0 Å². The lowest BCUT2D eigenvalue weighted by molar-refractivity contribution is -0.287. The van der Waals surface area contributed by atoms with Crippen LogP contribution in [-0.4, -0.2) is 60.6 Å². The van der Waals surface area contributed by atoms with E-state index in [0.717, 1.165) is 18.2 Å². The summed E-state index contributed by atoms with van der Waals surface area (Å²) in [6, 6.07) is 0.708. The first kappa shape index (κ1) is 20.2. The third kappa shape index (κ3) is 10.00. The largest absolute Gasteiger partial charge is 0.500 e. The van der Waals surface area contributed by atoms with E-state index in [-0.39, 0.29) is 0 Å². The summed E-state index contributed by atoms with van der Waals surface area (Å²) in [5.74, 6) is 0. The SMILES string of the molecule is C=C(C)COOCCC[Si](OC)(OC[Si])OC[Si](C)C. The Morgan fingerprint density at radius 1 is 1.25 bits per heavy atom. The smallest absolute Gasteiger partial charge is 0.378 e. The Hall–Kier alpha value is 0.191. The zero-order valence-electron chi connectivity index (χ0n) is 13.0. The highest BCUT2D eigenvalue weighted by molar-refractivity contribution is 6.63. The van der Waals surface area contributed by atoms with Gasteiger partial charge < -0.3 is 13.3 Å². The van der Waals surface area contributed by atoms with Crippen LogP contribution in [0.1, 0.15) is 13.3 Å². The number of rotatable bonds is 13. The van der Waals surface area contributed by atoms with Gasteiger partial charge in [0.05, 0.1) is 25.6 Å². The molecule has 0 saturated carbocycles. The van der Waals surface area contributed by atoms with Gasteiger partial charge in [-0.05, 0) is 13.3 Å². The van der Waals surface area contributed by atoms with Crippen molar-refractivity contribution in [2.75, 3.05) is 32.8 Å². The highest BCUT2D eigenvalue weighted by Crippen LogP contribution is 2.17. The summed E-state index contributed by atoms with van der Waals surface area (Å²) in [4.78, 5) is 10.1.